The molecule has 0 atom stereocenters. The third-order valence-electron chi connectivity index (χ3n) is 7.76. The van der Waals surface area contributed by atoms with Gasteiger partial charge in [-0.2, -0.15) is 0 Å². The lowest BCUT2D eigenvalue weighted by molar-refractivity contribution is 0.992. The summed E-state index contributed by atoms with van der Waals surface area (Å²) in [5.74, 6) is 0. The van der Waals surface area contributed by atoms with Gasteiger partial charge in [-0.25, -0.2) is 0 Å². The molecule has 1 heterocycles. The van der Waals surface area contributed by atoms with Crippen LogP contribution in [0.3, 0.4) is 0 Å². The fourth-order valence-electron chi connectivity index (χ4n) is 5.81. The van der Waals surface area contributed by atoms with Crippen molar-refractivity contribution < 1.29 is 0 Å². The molecule has 0 unspecified atom stereocenters. The van der Waals surface area contributed by atoms with Gasteiger partial charge in [-0.1, -0.05) is 127 Å². The molecule has 0 bridgehead atoms. The molecule has 0 N–H and O–H groups in total. The normalized spacial score (nSPS) is 13.2. The molecule has 0 saturated heterocycles. The van der Waals surface area contributed by atoms with Gasteiger partial charge in [0.1, 0.15) is 0 Å². The highest BCUT2D eigenvalue weighted by Gasteiger charge is 2.16. The van der Waals surface area contributed by atoms with E-state index in [4.69, 9.17) is 0 Å². The van der Waals surface area contributed by atoms with E-state index in [1.807, 2.05) is 0 Å². The number of hydrogen-bond acceptors (Lipinski definition) is 0. The van der Waals surface area contributed by atoms with E-state index in [1.165, 1.54) is 60.9 Å². The molecule has 1 aromatic heterocycles. The van der Waals surface area contributed by atoms with Crippen LogP contribution in [0.4, 0.5) is 0 Å². The molecule has 0 spiro atoms. The average Bonchev–Trinajstić information content (AvgIpc) is 3.36. The summed E-state index contributed by atoms with van der Waals surface area (Å²) in [7, 11) is 0. The predicted octanol–water partition coefficient (Wildman–Crippen LogP) is 10.1. The van der Waals surface area contributed by atoms with E-state index in [0.29, 0.717) is 0 Å². The lowest BCUT2D eigenvalue weighted by Gasteiger charge is -2.18. The van der Waals surface area contributed by atoms with E-state index in [2.05, 4.69) is 156 Å². The lowest BCUT2D eigenvalue weighted by atomic mass is 9.93. The van der Waals surface area contributed by atoms with Gasteiger partial charge >= 0.3 is 0 Å². The van der Waals surface area contributed by atoms with Crippen LogP contribution in [0.2, 0.25) is 0 Å². The number of nitrogens with zero attached hydrogens (tertiary/aromatic N) is 1. The molecule has 1 heteroatoms. The van der Waals surface area contributed by atoms with Crippen LogP contribution in [0, 0.1) is 0 Å². The highest BCUT2D eigenvalue weighted by molar-refractivity contribution is 6.10. The van der Waals surface area contributed by atoms with Crippen molar-refractivity contribution in [1.82, 2.24) is 4.57 Å². The summed E-state index contributed by atoms with van der Waals surface area (Å²) in [6.07, 6.45) is 8.97. The van der Waals surface area contributed by atoms with Crippen molar-refractivity contribution in [3.63, 3.8) is 0 Å². The third-order valence-corrected chi connectivity index (χ3v) is 7.76. The number of benzene rings is 5. The van der Waals surface area contributed by atoms with Crippen LogP contribution in [-0.4, -0.2) is 4.57 Å². The van der Waals surface area contributed by atoms with Crippen LogP contribution in [0.15, 0.2) is 146 Å². The van der Waals surface area contributed by atoms with Crippen LogP contribution >= 0.6 is 0 Å². The zero-order valence-corrected chi connectivity index (χ0v) is 21.8. The largest absolute Gasteiger partial charge is 0.313 e. The predicted molar refractivity (Wildman–Crippen MR) is 167 cm³/mol. The second kappa shape index (κ2) is 10.1. The van der Waals surface area contributed by atoms with Gasteiger partial charge in [0.25, 0.3) is 0 Å². The van der Waals surface area contributed by atoms with Crippen molar-refractivity contribution in [3.8, 4) is 0 Å². The van der Waals surface area contributed by atoms with Crippen molar-refractivity contribution in [2.75, 3.05) is 0 Å². The summed E-state index contributed by atoms with van der Waals surface area (Å²) >= 11 is 0. The molecule has 7 rings (SSSR count). The Morgan fingerprint density at radius 2 is 1.05 bits per heavy atom. The maximum Gasteiger partial charge on any atom is 0.0537 e. The monoisotopic (exact) mass is 499 g/mol. The molecule has 0 saturated carbocycles. The highest BCUT2D eigenvalue weighted by Crippen LogP contribution is 2.36. The van der Waals surface area contributed by atoms with Gasteiger partial charge in [0.2, 0.25) is 0 Å². The van der Waals surface area contributed by atoms with Gasteiger partial charge in [-0.3, -0.25) is 0 Å². The third kappa shape index (κ3) is 4.43. The van der Waals surface area contributed by atoms with E-state index in [-0.39, 0.29) is 0 Å². The van der Waals surface area contributed by atoms with Crippen molar-refractivity contribution >= 4 is 44.7 Å². The molecule has 0 radical (unpaired) electrons. The Bertz CT molecular complexity index is 1770. The molecule has 1 aliphatic rings. The van der Waals surface area contributed by atoms with E-state index in [1.54, 1.807) is 0 Å². The summed E-state index contributed by atoms with van der Waals surface area (Å²) in [6.45, 7) is 0. The molecule has 1 nitrogen and oxygen atoms in total. The van der Waals surface area contributed by atoms with Crippen LogP contribution in [0.1, 0.15) is 35.1 Å². The zero-order chi connectivity index (χ0) is 26.0. The quantitative estimate of drug-likeness (QED) is 0.208. The Morgan fingerprint density at radius 1 is 0.513 bits per heavy atom. The molecule has 186 valence electrons. The summed E-state index contributed by atoms with van der Waals surface area (Å²) in [4.78, 5) is 0. The number of hydrogen-bond donors (Lipinski definition) is 0. The smallest absolute Gasteiger partial charge is 0.0537 e. The first kappa shape index (κ1) is 23.3. The maximum atomic E-state index is 2.44. The Balaban J connectivity index is 1.21. The number of allylic oxidation sites excluding steroid dienone is 4. The molecule has 1 aliphatic carbocycles. The molecular weight excluding hydrogens is 470 g/mol. The summed E-state index contributed by atoms with van der Waals surface area (Å²) in [6, 6.07) is 47.8. The number of rotatable bonds is 5. The summed E-state index contributed by atoms with van der Waals surface area (Å²) < 4.78 is 2.44. The first-order valence-corrected chi connectivity index (χ1v) is 13.7. The highest BCUT2D eigenvalue weighted by atomic mass is 15.0. The van der Waals surface area contributed by atoms with Gasteiger partial charge < -0.3 is 4.57 Å². The van der Waals surface area contributed by atoms with Gasteiger partial charge in [0.05, 0.1) is 11.0 Å². The van der Waals surface area contributed by atoms with Crippen LogP contribution in [0.5, 0.6) is 0 Å². The van der Waals surface area contributed by atoms with Gasteiger partial charge in [-0.15, -0.1) is 0 Å². The molecule has 0 fully saturated rings. The number of aromatic nitrogens is 1. The van der Waals surface area contributed by atoms with Gasteiger partial charge in [0, 0.05) is 16.5 Å². The van der Waals surface area contributed by atoms with Crippen LogP contribution in [-0.2, 0) is 0 Å². The zero-order valence-electron chi connectivity index (χ0n) is 21.8. The minimum absolute atomic E-state index is 1.02. The summed E-state index contributed by atoms with van der Waals surface area (Å²) in [5.41, 5.74) is 11.5. The van der Waals surface area contributed by atoms with Gasteiger partial charge in [-0.05, 0) is 70.5 Å². The number of fused-ring (bicyclic) bond motifs is 3. The lowest BCUT2D eigenvalue weighted by Crippen LogP contribution is -2.01. The van der Waals surface area contributed by atoms with Gasteiger partial charge in [0.15, 0.2) is 0 Å². The minimum atomic E-state index is 1.02. The Hall–Kier alpha value is -4.88. The minimum Gasteiger partial charge on any atom is -0.313 e. The SMILES string of the molecule is C1=C(c2ccc(C=C(c3ccccc3)c3ccccc3)cc2)CCC(n2c3ccccc3c3ccccc32)=C1. The first-order chi connectivity index (χ1) is 19.3. The van der Waals surface area contributed by atoms with Crippen LogP contribution in [0.25, 0.3) is 44.7 Å². The van der Waals surface area contributed by atoms with Crippen molar-refractivity contribution in [2.24, 2.45) is 0 Å². The van der Waals surface area contributed by atoms with E-state index >= 15 is 0 Å². The fourth-order valence-corrected chi connectivity index (χ4v) is 5.81. The second-order valence-electron chi connectivity index (χ2n) is 10.1. The van der Waals surface area contributed by atoms with E-state index in [9.17, 15) is 0 Å². The fraction of sp³-hybridized carbons (Fsp3) is 0.0526. The topological polar surface area (TPSA) is 4.93 Å². The summed E-state index contributed by atoms with van der Waals surface area (Å²) in [5, 5.41) is 2.63. The standard InChI is InChI=1S/C38H29N/c1-3-11-31(12-4-1)36(32-13-5-2-6-14-32)27-28-19-21-29(22-20-28)30-23-25-33(26-24-30)39-37-17-9-7-15-34(37)35-16-8-10-18-38(35)39/h1-23,25,27H,24,26H2. The Kier molecular flexibility index (Phi) is 6.03. The molecule has 0 amide bonds. The average molecular weight is 500 g/mol. The van der Waals surface area contributed by atoms with Crippen molar-refractivity contribution in [2.45, 2.75) is 12.8 Å². The molecule has 6 aromatic rings. The Labute approximate surface area is 229 Å². The first-order valence-electron chi connectivity index (χ1n) is 13.7. The van der Waals surface area contributed by atoms with Crippen molar-refractivity contribution in [3.05, 3.63) is 168 Å². The molecule has 39 heavy (non-hydrogen) atoms. The molecule has 0 aliphatic heterocycles. The molecular formula is C38H29N. The van der Waals surface area contributed by atoms with Crippen molar-refractivity contribution in [1.29, 1.82) is 0 Å². The van der Waals surface area contributed by atoms with E-state index in [0.717, 1.165) is 12.8 Å². The maximum absolute atomic E-state index is 2.44. The van der Waals surface area contributed by atoms with Crippen LogP contribution < -0.4 is 0 Å². The Morgan fingerprint density at radius 3 is 1.59 bits per heavy atom. The van der Waals surface area contributed by atoms with E-state index < -0.39 is 0 Å². The number of para-hydroxylation sites is 2. The second-order valence-corrected chi connectivity index (χ2v) is 10.1. The molecule has 5 aromatic carbocycles.